The molecule has 0 radical (unpaired) electrons. The third-order valence-corrected chi connectivity index (χ3v) is 1.80. The lowest BCUT2D eigenvalue weighted by Crippen LogP contribution is -2.13. The smallest absolute Gasteiger partial charge is 0.237 e. The molecule has 0 aliphatic rings. The third kappa shape index (κ3) is 5.14. The Kier molecular flexibility index (Phi) is 5.76. The van der Waals surface area contributed by atoms with Crippen LogP contribution in [0.25, 0.3) is 0 Å². The van der Waals surface area contributed by atoms with E-state index in [9.17, 15) is 4.79 Å². The van der Waals surface area contributed by atoms with Gasteiger partial charge in [-0.05, 0) is 12.2 Å². The minimum absolute atomic E-state index is 0.0808. The van der Waals surface area contributed by atoms with Crippen LogP contribution in [-0.4, -0.2) is 17.1 Å². The van der Waals surface area contributed by atoms with Gasteiger partial charge in [-0.15, -0.1) is 0 Å². The maximum Gasteiger partial charge on any atom is 0.237 e. The van der Waals surface area contributed by atoms with E-state index in [-0.39, 0.29) is 10.9 Å². The predicted octanol–water partition coefficient (Wildman–Crippen LogP) is 2.27. The van der Waals surface area contributed by atoms with E-state index in [0.717, 1.165) is 6.21 Å². The number of carbonyl (C=O) groups is 1. The van der Waals surface area contributed by atoms with Crippen molar-refractivity contribution in [2.75, 3.05) is 0 Å². The van der Waals surface area contributed by atoms with Crippen molar-refractivity contribution < 1.29 is 9.18 Å². The topological polar surface area (TPSA) is 75.4 Å². The van der Waals surface area contributed by atoms with Gasteiger partial charge in [0.1, 0.15) is 0 Å². The number of hydrogen-bond donors (Lipinski definition) is 1. The van der Waals surface area contributed by atoms with Crippen molar-refractivity contribution >= 4 is 41.2 Å². The molecule has 0 aliphatic heterocycles. The molecule has 0 unspecified atom stereocenters. The summed E-state index contributed by atoms with van der Waals surface area (Å²) < 4.78 is 3.79. The van der Waals surface area contributed by atoms with Crippen LogP contribution in [0.4, 0.5) is 0 Å². The molecule has 0 aliphatic carbocycles. The summed E-state index contributed by atoms with van der Waals surface area (Å²) in [6.07, 6.45) is 1.08. The highest BCUT2D eigenvalue weighted by Gasteiger charge is 2.00. The Balaban J connectivity index is 2.47. The first-order valence-electron chi connectivity index (χ1n) is 4.35. The second-order valence-electron chi connectivity index (χ2n) is 2.66. The van der Waals surface area contributed by atoms with Crippen LogP contribution in [0.15, 0.2) is 45.8 Å². The van der Waals surface area contributed by atoms with Gasteiger partial charge in [-0.3, -0.25) is 14.6 Å². The number of thiocarbonyl (C=S) groups is 1. The van der Waals surface area contributed by atoms with E-state index in [0.29, 0.717) is 5.56 Å². The van der Waals surface area contributed by atoms with Crippen molar-refractivity contribution in [1.29, 1.82) is 0 Å². The number of benzene rings is 1. The lowest BCUT2D eigenvalue weighted by atomic mass is 10.1. The van der Waals surface area contributed by atoms with Gasteiger partial charge >= 0.3 is 0 Å². The maximum atomic E-state index is 11.5. The molecule has 0 saturated carbocycles. The van der Waals surface area contributed by atoms with Gasteiger partial charge in [0.2, 0.25) is 10.9 Å². The molecule has 0 amide bonds. The van der Waals surface area contributed by atoms with E-state index in [2.05, 4.69) is 37.5 Å². The fourth-order valence-corrected chi connectivity index (χ4v) is 1.01. The fraction of sp³-hybridized carbons (Fsp3) is 0. The zero-order chi connectivity index (χ0) is 12.5. The molecule has 0 spiro atoms. The second-order valence-corrected chi connectivity index (χ2v) is 3.18. The average Bonchev–Trinajstić information content (AvgIpc) is 2.37. The summed E-state index contributed by atoms with van der Waals surface area (Å²) in [6.45, 7) is 0. The average molecular weight is 271 g/mol. The lowest BCUT2D eigenvalue weighted by Gasteiger charge is -1.94. The van der Waals surface area contributed by atoms with Gasteiger partial charge in [0.15, 0.2) is 11.9 Å². The van der Waals surface area contributed by atoms with Crippen molar-refractivity contribution in [2.45, 2.75) is 0 Å². The van der Waals surface area contributed by atoms with Gasteiger partial charge in [0.05, 0.1) is 11.5 Å². The summed E-state index contributed by atoms with van der Waals surface area (Å²) in [4.78, 5) is 11.5. The number of nitrogens with one attached hydrogen (secondary N) is 1. The number of hydrazone groups is 1. The Hall–Kier alpha value is -1.86. The molecule has 1 aromatic carbocycles. The maximum absolute atomic E-state index is 11.5. The quantitative estimate of drug-likeness (QED) is 0.299. The first-order chi connectivity index (χ1) is 8.24. The van der Waals surface area contributed by atoms with Crippen molar-refractivity contribution in [3.63, 3.8) is 0 Å². The molecule has 1 rings (SSSR count). The Labute approximate surface area is 107 Å². The van der Waals surface area contributed by atoms with Gasteiger partial charge in [-0.25, -0.2) is 0 Å². The number of nitrogens with zero attached hydrogens (tertiary/aromatic N) is 3. The summed E-state index contributed by atoms with van der Waals surface area (Å²) in [5.41, 5.74) is 2.82. The minimum Gasteiger partial charge on any atom is -0.287 e. The van der Waals surface area contributed by atoms with Crippen LogP contribution in [0.5, 0.6) is 0 Å². The zero-order valence-electron chi connectivity index (χ0n) is 8.41. The van der Waals surface area contributed by atoms with Crippen LogP contribution >= 0.6 is 24.1 Å². The normalized spacial score (nSPS) is 10.6. The van der Waals surface area contributed by atoms with Gasteiger partial charge in [0, 0.05) is 5.56 Å². The molecule has 0 atom stereocenters. The SMILES string of the molecule is O=C(/C=N/NC(=S)/N=N/OCl)c1ccccc1. The standard InChI is InChI=1S/C9H7ClN4O2S/c10-16-14-13-9(17)12-11-6-8(15)7-4-2-1-3-5-7/h1-6H,(H,12,17)/b11-6+,14-13+. The molecule has 1 aromatic rings. The lowest BCUT2D eigenvalue weighted by molar-refractivity contribution is 0.107. The van der Waals surface area contributed by atoms with E-state index in [1.165, 1.54) is 0 Å². The van der Waals surface area contributed by atoms with Crippen molar-refractivity contribution in [2.24, 2.45) is 15.5 Å². The summed E-state index contributed by atoms with van der Waals surface area (Å²) in [7, 11) is 0. The van der Waals surface area contributed by atoms with E-state index in [1.54, 1.807) is 24.3 Å². The van der Waals surface area contributed by atoms with Crippen LogP contribution in [0.2, 0.25) is 0 Å². The monoisotopic (exact) mass is 270 g/mol. The zero-order valence-corrected chi connectivity index (χ0v) is 9.98. The molecule has 0 heterocycles. The number of halogens is 1. The predicted molar refractivity (Wildman–Crippen MR) is 66.8 cm³/mol. The van der Waals surface area contributed by atoms with Gasteiger partial charge in [0.25, 0.3) is 0 Å². The van der Waals surface area contributed by atoms with Crippen LogP contribution < -0.4 is 5.43 Å². The molecule has 0 bridgehead atoms. The van der Waals surface area contributed by atoms with Crippen molar-refractivity contribution in [1.82, 2.24) is 5.43 Å². The Morgan fingerprint density at radius 2 is 2.12 bits per heavy atom. The Morgan fingerprint density at radius 1 is 1.41 bits per heavy atom. The highest BCUT2D eigenvalue weighted by Crippen LogP contribution is 1.97. The molecule has 17 heavy (non-hydrogen) atoms. The van der Waals surface area contributed by atoms with E-state index >= 15 is 0 Å². The summed E-state index contributed by atoms with van der Waals surface area (Å²) in [5.74, 6) is -0.258. The number of hydrogen-bond acceptors (Lipinski definition) is 5. The fourth-order valence-electron chi connectivity index (χ4n) is 0.898. The van der Waals surface area contributed by atoms with Crippen LogP contribution in [0.1, 0.15) is 10.4 Å². The highest BCUT2D eigenvalue weighted by molar-refractivity contribution is 7.80. The molecule has 0 aromatic heterocycles. The molecule has 0 saturated heterocycles. The third-order valence-electron chi connectivity index (χ3n) is 1.56. The Morgan fingerprint density at radius 3 is 2.76 bits per heavy atom. The first-order valence-corrected chi connectivity index (χ1v) is 5.07. The molecule has 88 valence electrons. The second kappa shape index (κ2) is 7.42. The summed E-state index contributed by atoms with van der Waals surface area (Å²) in [5, 5.41) is 9.74. The summed E-state index contributed by atoms with van der Waals surface area (Å²) >= 11 is 9.42. The van der Waals surface area contributed by atoms with Crippen molar-refractivity contribution in [3.05, 3.63) is 35.9 Å². The molecule has 1 N–H and O–H groups in total. The molecular weight excluding hydrogens is 264 g/mol. The Bertz CT molecular complexity index is 450. The van der Waals surface area contributed by atoms with Crippen LogP contribution in [0, 0.1) is 0 Å². The van der Waals surface area contributed by atoms with Crippen molar-refractivity contribution in [3.8, 4) is 0 Å². The molecule has 6 nitrogen and oxygen atoms in total. The molecular formula is C9H7ClN4O2S. The highest BCUT2D eigenvalue weighted by atomic mass is 35.5. The molecule has 8 heteroatoms. The summed E-state index contributed by atoms with van der Waals surface area (Å²) in [6, 6.07) is 8.67. The van der Waals surface area contributed by atoms with Gasteiger partial charge in [-0.1, -0.05) is 35.4 Å². The van der Waals surface area contributed by atoms with Gasteiger partial charge < -0.3 is 0 Å². The number of ketones is 1. The molecule has 0 fully saturated rings. The van der Waals surface area contributed by atoms with Gasteiger partial charge in [-0.2, -0.15) is 5.10 Å². The van der Waals surface area contributed by atoms with E-state index in [1.807, 2.05) is 6.07 Å². The largest absolute Gasteiger partial charge is 0.287 e. The minimum atomic E-state index is -0.258. The first kappa shape index (κ1) is 13.2. The number of rotatable bonds is 4. The number of Topliss-reactive ketones (excluding diaryl/α,β-unsaturated/α-hetero) is 1. The van der Waals surface area contributed by atoms with Crippen LogP contribution in [-0.2, 0) is 4.39 Å². The van der Waals surface area contributed by atoms with E-state index < -0.39 is 0 Å². The van der Waals surface area contributed by atoms with E-state index in [4.69, 9.17) is 11.9 Å². The number of carbonyl (C=O) groups excluding carboxylic acids is 1. The van der Waals surface area contributed by atoms with Crippen LogP contribution in [0.3, 0.4) is 0 Å².